The molecule has 1 saturated heterocycles. The minimum atomic E-state index is -4.23. The van der Waals surface area contributed by atoms with Crippen molar-refractivity contribution < 1.29 is 13.2 Å². The molecule has 7 nitrogen and oxygen atoms in total. The molecule has 0 spiro atoms. The predicted molar refractivity (Wildman–Crippen MR) is 134 cm³/mol. The van der Waals surface area contributed by atoms with E-state index >= 15 is 0 Å². The zero-order valence-corrected chi connectivity index (χ0v) is 21.4. The second kappa shape index (κ2) is 11.2. The van der Waals surface area contributed by atoms with Crippen molar-refractivity contribution in [1.82, 2.24) is 29.5 Å². The van der Waals surface area contributed by atoms with Gasteiger partial charge in [0.25, 0.3) is 0 Å². The third kappa shape index (κ3) is 7.14. The number of aryl methyl sites for hydroxylation is 1. The number of anilines is 1. The molecule has 0 saturated carbocycles. The molecule has 3 aromatic heterocycles. The van der Waals surface area contributed by atoms with Crippen LogP contribution in [0.3, 0.4) is 0 Å². The zero-order valence-electron chi connectivity index (χ0n) is 20.6. The first-order chi connectivity index (χ1) is 16.7. The van der Waals surface area contributed by atoms with E-state index < -0.39 is 12.6 Å². The largest absolute Gasteiger partial charge is 0.393 e. The lowest BCUT2D eigenvalue weighted by atomic mass is 10.1. The number of halogens is 3. The molecule has 1 aliphatic rings. The Morgan fingerprint density at radius 1 is 1.14 bits per heavy atom. The number of rotatable bonds is 9. The van der Waals surface area contributed by atoms with Crippen molar-refractivity contribution in [2.45, 2.75) is 50.9 Å². The number of alkyl halides is 3. The molecule has 1 aliphatic heterocycles. The van der Waals surface area contributed by atoms with Crippen molar-refractivity contribution in [3.63, 3.8) is 0 Å². The Hall–Kier alpha value is -2.24. The molecule has 0 bridgehead atoms. The Morgan fingerprint density at radius 3 is 2.69 bits per heavy atom. The van der Waals surface area contributed by atoms with Crippen LogP contribution in [-0.2, 0) is 20.0 Å². The summed E-state index contributed by atoms with van der Waals surface area (Å²) in [6.45, 7) is 4.58. The van der Waals surface area contributed by atoms with Gasteiger partial charge in [0.05, 0.1) is 18.0 Å². The smallest absolute Gasteiger partial charge is 0.356 e. The molecule has 11 heteroatoms. The lowest BCUT2D eigenvalue weighted by Gasteiger charge is -2.31. The summed E-state index contributed by atoms with van der Waals surface area (Å²) in [4.78, 5) is 16.7. The minimum Gasteiger partial charge on any atom is -0.356 e. The molecule has 35 heavy (non-hydrogen) atoms. The summed E-state index contributed by atoms with van der Waals surface area (Å²) in [6, 6.07) is 2.06. The number of nitrogens with zero attached hydrogens (tertiary/aromatic N) is 7. The molecule has 3 aromatic rings. The van der Waals surface area contributed by atoms with E-state index in [4.69, 9.17) is 0 Å². The predicted octanol–water partition coefficient (Wildman–Crippen LogP) is 4.34. The molecule has 0 amide bonds. The topological polar surface area (TPSA) is 53.3 Å². The van der Waals surface area contributed by atoms with Crippen molar-refractivity contribution in [2.24, 2.45) is 7.05 Å². The molecule has 4 rings (SSSR count). The highest BCUT2D eigenvalue weighted by Gasteiger charge is 2.30. The quantitative estimate of drug-likeness (QED) is 0.428. The summed E-state index contributed by atoms with van der Waals surface area (Å²) in [5, 5.41) is 5.07. The van der Waals surface area contributed by atoms with Crippen LogP contribution in [0.4, 0.5) is 19.0 Å². The van der Waals surface area contributed by atoms with E-state index in [1.807, 2.05) is 17.9 Å². The van der Waals surface area contributed by atoms with E-state index in [9.17, 15) is 13.2 Å². The van der Waals surface area contributed by atoms with E-state index in [-0.39, 0.29) is 4.88 Å². The number of fused-ring (bicyclic) bond motifs is 1. The average Bonchev–Trinajstić information content (AvgIpc) is 3.28. The molecule has 0 N–H and O–H groups in total. The molecule has 0 radical (unpaired) electrons. The van der Waals surface area contributed by atoms with Gasteiger partial charge in [0.2, 0.25) is 0 Å². The molecule has 1 unspecified atom stereocenters. The van der Waals surface area contributed by atoms with E-state index in [0.29, 0.717) is 10.9 Å². The van der Waals surface area contributed by atoms with E-state index in [1.54, 1.807) is 6.07 Å². The fourth-order valence-corrected chi connectivity index (χ4v) is 5.88. The van der Waals surface area contributed by atoms with Crippen molar-refractivity contribution in [2.75, 3.05) is 45.2 Å². The molecular formula is C24H34F3N7S. The minimum absolute atomic E-state index is 0.283. The van der Waals surface area contributed by atoms with E-state index in [0.717, 1.165) is 80.9 Å². The summed E-state index contributed by atoms with van der Waals surface area (Å²) in [6.07, 6.45) is 4.50. The normalized spacial score (nSPS) is 17.6. The van der Waals surface area contributed by atoms with Crippen LogP contribution < -0.4 is 4.90 Å². The van der Waals surface area contributed by atoms with Gasteiger partial charge in [-0.05, 0) is 58.9 Å². The number of hydrogen-bond acceptors (Lipinski definition) is 7. The lowest BCUT2D eigenvalue weighted by Crippen LogP contribution is -2.37. The van der Waals surface area contributed by atoms with Gasteiger partial charge < -0.3 is 9.80 Å². The Kier molecular flexibility index (Phi) is 8.28. The van der Waals surface area contributed by atoms with Crippen LogP contribution in [0.15, 0.2) is 24.8 Å². The van der Waals surface area contributed by atoms with Crippen molar-refractivity contribution in [1.29, 1.82) is 0 Å². The van der Waals surface area contributed by atoms with Crippen molar-refractivity contribution >= 4 is 27.4 Å². The SMILES string of the molecule is CN(C)CCCN(Cc1cnn(C)c1)C1CCCN(c2ncnc3sc(CC(F)(F)F)cc23)CC1. The standard InChI is InChI=1S/C24H34F3N7S/c1-31(2)8-5-10-34(16-18-14-30-32(3)15-18)19-6-4-9-33(11-7-19)22-21-12-20(13-24(25,26)27)35-23(21)29-17-28-22/h12,14-15,17,19H,4-11,13,16H2,1-3H3. The van der Waals surface area contributed by atoms with Crippen LogP contribution in [0.25, 0.3) is 10.2 Å². The van der Waals surface area contributed by atoms with Crippen LogP contribution in [-0.4, -0.2) is 82.0 Å². The maximum absolute atomic E-state index is 12.9. The summed E-state index contributed by atoms with van der Waals surface area (Å²) in [7, 11) is 6.14. The van der Waals surface area contributed by atoms with Gasteiger partial charge in [-0.15, -0.1) is 11.3 Å². The van der Waals surface area contributed by atoms with Gasteiger partial charge in [0.15, 0.2) is 0 Å². The molecule has 0 aliphatic carbocycles. The number of thiophene rings is 1. The average molecular weight is 510 g/mol. The Balaban J connectivity index is 1.48. The second-order valence-corrected chi connectivity index (χ2v) is 10.8. The molecular weight excluding hydrogens is 475 g/mol. The van der Waals surface area contributed by atoms with Crippen LogP contribution in [0, 0.1) is 0 Å². The van der Waals surface area contributed by atoms with Crippen LogP contribution in [0.2, 0.25) is 0 Å². The lowest BCUT2D eigenvalue weighted by molar-refractivity contribution is -0.126. The van der Waals surface area contributed by atoms with Crippen molar-refractivity contribution in [3.8, 4) is 0 Å². The first-order valence-corrected chi connectivity index (χ1v) is 12.9. The van der Waals surface area contributed by atoms with Gasteiger partial charge in [-0.2, -0.15) is 18.3 Å². The summed E-state index contributed by atoms with van der Waals surface area (Å²) >= 11 is 1.11. The summed E-state index contributed by atoms with van der Waals surface area (Å²) in [5.41, 5.74) is 1.21. The molecule has 192 valence electrons. The van der Waals surface area contributed by atoms with Gasteiger partial charge in [-0.3, -0.25) is 9.58 Å². The highest BCUT2D eigenvalue weighted by molar-refractivity contribution is 7.18. The van der Waals surface area contributed by atoms with Gasteiger partial charge in [-0.1, -0.05) is 0 Å². The third-order valence-corrected chi connectivity index (χ3v) is 7.49. The Bertz CT molecular complexity index is 1090. The Morgan fingerprint density at radius 2 is 1.97 bits per heavy atom. The first-order valence-electron chi connectivity index (χ1n) is 12.1. The van der Waals surface area contributed by atoms with Crippen LogP contribution in [0.5, 0.6) is 0 Å². The van der Waals surface area contributed by atoms with Gasteiger partial charge >= 0.3 is 6.18 Å². The van der Waals surface area contributed by atoms with Gasteiger partial charge in [0, 0.05) is 49.4 Å². The summed E-state index contributed by atoms with van der Waals surface area (Å²) in [5.74, 6) is 0.756. The Labute approximate surface area is 208 Å². The van der Waals surface area contributed by atoms with Crippen molar-refractivity contribution in [3.05, 3.63) is 35.2 Å². The first kappa shape index (κ1) is 25.8. The molecule has 1 atom stereocenters. The van der Waals surface area contributed by atoms with Crippen LogP contribution in [0.1, 0.15) is 36.1 Å². The third-order valence-electron chi connectivity index (χ3n) is 6.44. The highest BCUT2D eigenvalue weighted by Crippen LogP contribution is 2.34. The maximum atomic E-state index is 12.9. The number of hydrogen-bond donors (Lipinski definition) is 0. The zero-order chi connectivity index (χ0) is 25.0. The monoisotopic (exact) mass is 509 g/mol. The summed E-state index contributed by atoms with van der Waals surface area (Å²) < 4.78 is 40.6. The van der Waals surface area contributed by atoms with Gasteiger partial charge in [-0.25, -0.2) is 9.97 Å². The molecule has 0 aromatic carbocycles. The molecule has 1 fully saturated rings. The fraction of sp³-hybridized carbons (Fsp3) is 0.625. The fourth-order valence-electron chi connectivity index (χ4n) is 4.85. The second-order valence-electron chi connectivity index (χ2n) is 9.64. The van der Waals surface area contributed by atoms with E-state index in [1.165, 1.54) is 11.9 Å². The van der Waals surface area contributed by atoms with E-state index in [2.05, 4.69) is 50.1 Å². The molecule has 4 heterocycles. The van der Waals surface area contributed by atoms with Crippen LogP contribution >= 0.6 is 11.3 Å². The maximum Gasteiger partial charge on any atom is 0.393 e. The number of aromatic nitrogens is 4. The van der Waals surface area contributed by atoms with Gasteiger partial charge in [0.1, 0.15) is 17.0 Å². The highest BCUT2D eigenvalue weighted by atomic mass is 32.1.